The van der Waals surface area contributed by atoms with Gasteiger partial charge in [0.05, 0.1) is 25.2 Å². The summed E-state index contributed by atoms with van der Waals surface area (Å²) in [6.45, 7) is 6.28. The van der Waals surface area contributed by atoms with Gasteiger partial charge in [-0.1, -0.05) is 204 Å². The number of ether oxygens (including phenoxy) is 1. The standard InChI is InChI=1S/C50H89NO5/c1-4-7-10-13-16-19-21-23-24-26-28-31-34-37-40-43-50(55)56-46(41-38-35-32-29-18-15-12-9-6-3)44-49(54)51-47(45-52)48(53)42-39-36-33-30-27-25-22-20-17-14-11-8-5-2/h7,10,13,15-16,18-19,21,23-24,46-48,52-53H,4-6,8-9,11-12,14,17,20,22,25-45H2,1-3H3,(H,51,54)/b10-7+,16-13+,18-15-,21-19+,24-23-. The van der Waals surface area contributed by atoms with Crippen LogP contribution in [0, 0.1) is 0 Å². The molecule has 3 N–H and O–H groups in total. The first kappa shape index (κ1) is 53.6. The van der Waals surface area contributed by atoms with Gasteiger partial charge in [-0.25, -0.2) is 0 Å². The number of hydrogen-bond acceptors (Lipinski definition) is 5. The lowest BCUT2D eigenvalue weighted by molar-refractivity contribution is -0.151. The molecule has 0 aliphatic heterocycles. The van der Waals surface area contributed by atoms with E-state index in [2.05, 4.69) is 68.6 Å². The predicted octanol–water partition coefficient (Wildman–Crippen LogP) is 13.7. The minimum absolute atomic E-state index is 0.0551. The highest BCUT2D eigenvalue weighted by Crippen LogP contribution is 2.17. The van der Waals surface area contributed by atoms with Gasteiger partial charge in [0.15, 0.2) is 0 Å². The molecule has 324 valence electrons. The Morgan fingerprint density at radius 3 is 1.59 bits per heavy atom. The zero-order chi connectivity index (χ0) is 41.0. The van der Waals surface area contributed by atoms with Crippen LogP contribution in [0.3, 0.4) is 0 Å². The van der Waals surface area contributed by atoms with Gasteiger partial charge in [0.25, 0.3) is 0 Å². The van der Waals surface area contributed by atoms with Gasteiger partial charge < -0.3 is 20.3 Å². The van der Waals surface area contributed by atoms with Crippen LogP contribution < -0.4 is 5.32 Å². The van der Waals surface area contributed by atoms with Gasteiger partial charge >= 0.3 is 5.97 Å². The fourth-order valence-corrected chi connectivity index (χ4v) is 6.83. The van der Waals surface area contributed by atoms with Crippen LogP contribution in [0.2, 0.25) is 0 Å². The Labute approximate surface area is 346 Å². The zero-order valence-electron chi connectivity index (χ0n) is 36.8. The number of esters is 1. The summed E-state index contributed by atoms with van der Waals surface area (Å²) in [6, 6.07) is -0.710. The van der Waals surface area contributed by atoms with Crippen LogP contribution >= 0.6 is 0 Å². The first-order valence-electron chi connectivity index (χ1n) is 23.6. The third-order valence-electron chi connectivity index (χ3n) is 10.4. The van der Waals surface area contributed by atoms with Gasteiger partial charge in [0.1, 0.15) is 6.10 Å². The lowest BCUT2D eigenvalue weighted by Crippen LogP contribution is -2.46. The second kappa shape index (κ2) is 43.7. The Morgan fingerprint density at radius 1 is 0.536 bits per heavy atom. The van der Waals surface area contributed by atoms with Crippen molar-refractivity contribution in [1.82, 2.24) is 5.32 Å². The molecule has 0 saturated carbocycles. The van der Waals surface area contributed by atoms with Crippen LogP contribution in [-0.2, 0) is 14.3 Å². The van der Waals surface area contributed by atoms with E-state index in [-0.39, 0.29) is 24.9 Å². The van der Waals surface area contributed by atoms with E-state index < -0.39 is 18.2 Å². The summed E-state index contributed by atoms with van der Waals surface area (Å²) < 4.78 is 5.88. The SMILES string of the molecule is CC/C=C/C=C/C=C/C=C\CCCCCCCC(=O)OC(CCCCC/C=C\CCCC)CC(=O)NC(CO)C(O)CCCCCCCCCCCCCCC. The Morgan fingerprint density at radius 2 is 1.00 bits per heavy atom. The van der Waals surface area contributed by atoms with E-state index in [4.69, 9.17) is 4.74 Å². The highest BCUT2D eigenvalue weighted by Gasteiger charge is 2.24. The molecule has 6 heteroatoms. The highest BCUT2D eigenvalue weighted by atomic mass is 16.5. The summed E-state index contributed by atoms with van der Waals surface area (Å²) in [6.07, 6.45) is 52.8. The fraction of sp³-hybridized carbons (Fsp3) is 0.760. The van der Waals surface area contributed by atoms with Crippen molar-refractivity contribution in [2.45, 2.75) is 238 Å². The van der Waals surface area contributed by atoms with E-state index >= 15 is 0 Å². The molecule has 3 unspecified atom stereocenters. The van der Waals surface area contributed by atoms with E-state index in [9.17, 15) is 19.8 Å². The van der Waals surface area contributed by atoms with Gasteiger partial charge in [-0.2, -0.15) is 0 Å². The molecule has 0 spiro atoms. The Kier molecular flexibility index (Phi) is 41.8. The topological polar surface area (TPSA) is 95.9 Å². The van der Waals surface area contributed by atoms with Crippen molar-refractivity contribution in [3.63, 3.8) is 0 Å². The number of nitrogens with one attached hydrogen (secondary N) is 1. The lowest BCUT2D eigenvalue weighted by Gasteiger charge is -2.24. The summed E-state index contributed by atoms with van der Waals surface area (Å²) in [5.74, 6) is -0.521. The number of carbonyl (C=O) groups is 2. The minimum Gasteiger partial charge on any atom is -0.462 e. The molecule has 0 aliphatic rings. The smallest absolute Gasteiger partial charge is 0.306 e. The number of allylic oxidation sites excluding steroid dienone is 10. The first-order valence-corrected chi connectivity index (χ1v) is 23.6. The maximum atomic E-state index is 13.1. The van der Waals surface area contributed by atoms with Crippen molar-refractivity contribution >= 4 is 11.9 Å². The molecule has 0 aromatic heterocycles. The van der Waals surface area contributed by atoms with Crippen LogP contribution in [0.5, 0.6) is 0 Å². The second-order valence-corrected chi connectivity index (χ2v) is 15.9. The number of hydrogen-bond donors (Lipinski definition) is 3. The molecule has 1 amide bonds. The number of aliphatic hydroxyl groups is 2. The van der Waals surface area contributed by atoms with Gasteiger partial charge in [0.2, 0.25) is 5.91 Å². The lowest BCUT2D eigenvalue weighted by atomic mass is 10.0. The molecule has 0 radical (unpaired) electrons. The molecule has 0 bridgehead atoms. The third kappa shape index (κ3) is 38.4. The van der Waals surface area contributed by atoms with E-state index in [1.807, 2.05) is 18.2 Å². The number of unbranched alkanes of at least 4 members (excludes halogenated alkanes) is 22. The summed E-state index contributed by atoms with van der Waals surface area (Å²) in [4.78, 5) is 26.0. The largest absolute Gasteiger partial charge is 0.462 e. The molecule has 0 aromatic carbocycles. The first-order chi connectivity index (χ1) is 27.5. The van der Waals surface area contributed by atoms with Gasteiger partial charge in [-0.15, -0.1) is 0 Å². The zero-order valence-corrected chi connectivity index (χ0v) is 36.8. The van der Waals surface area contributed by atoms with Gasteiger partial charge in [-0.05, 0) is 64.2 Å². The maximum Gasteiger partial charge on any atom is 0.306 e. The third-order valence-corrected chi connectivity index (χ3v) is 10.4. The summed E-state index contributed by atoms with van der Waals surface area (Å²) in [5, 5.41) is 23.7. The van der Waals surface area contributed by atoms with E-state index in [1.165, 1.54) is 77.0 Å². The summed E-state index contributed by atoms with van der Waals surface area (Å²) >= 11 is 0. The maximum absolute atomic E-state index is 13.1. The molecule has 0 aromatic rings. The number of carbonyl (C=O) groups excluding carboxylic acids is 2. The van der Waals surface area contributed by atoms with Crippen LogP contribution in [-0.4, -0.2) is 46.9 Å². The minimum atomic E-state index is -0.795. The molecule has 0 aliphatic carbocycles. The Balaban J connectivity index is 4.56. The molecule has 56 heavy (non-hydrogen) atoms. The van der Waals surface area contributed by atoms with Crippen LogP contribution in [0.4, 0.5) is 0 Å². The predicted molar refractivity (Wildman–Crippen MR) is 241 cm³/mol. The van der Waals surface area contributed by atoms with Crippen molar-refractivity contribution in [3.8, 4) is 0 Å². The van der Waals surface area contributed by atoms with Crippen molar-refractivity contribution < 1.29 is 24.5 Å². The van der Waals surface area contributed by atoms with Crippen molar-refractivity contribution in [2.24, 2.45) is 0 Å². The monoisotopic (exact) mass is 784 g/mol. The second-order valence-electron chi connectivity index (χ2n) is 15.9. The quantitative estimate of drug-likeness (QED) is 0.0248. The summed E-state index contributed by atoms with van der Waals surface area (Å²) in [7, 11) is 0. The fourth-order valence-electron chi connectivity index (χ4n) is 6.83. The molecule has 0 fully saturated rings. The van der Waals surface area contributed by atoms with Crippen LogP contribution in [0.25, 0.3) is 0 Å². The van der Waals surface area contributed by atoms with E-state index in [1.54, 1.807) is 0 Å². The molecule has 0 rings (SSSR count). The molecule has 6 nitrogen and oxygen atoms in total. The number of aliphatic hydroxyl groups excluding tert-OH is 2. The molecular formula is C50H89NO5. The van der Waals surface area contributed by atoms with Crippen LogP contribution in [0.1, 0.15) is 220 Å². The molecular weight excluding hydrogens is 695 g/mol. The number of rotatable bonds is 41. The van der Waals surface area contributed by atoms with Gasteiger partial charge in [0, 0.05) is 6.42 Å². The van der Waals surface area contributed by atoms with Crippen molar-refractivity contribution in [1.29, 1.82) is 0 Å². The normalized spacial score (nSPS) is 13.9. The van der Waals surface area contributed by atoms with E-state index in [0.717, 1.165) is 96.3 Å². The van der Waals surface area contributed by atoms with Gasteiger partial charge in [-0.3, -0.25) is 9.59 Å². The van der Waals surface area contributed by atoms with Crippen LogP contribution in [0.15, 0.2) is 60.8 Å². The Bertz CT molecular complexity index is 1010. The van der Waals surface area contributed by atoms with Crippen molar-refractivity contribution in [3.05, 3.63) is 60.8 Å². The molecule has 0 saturated heterocycles. The molecule has 0 heterocycles. The molecule has 3 atom stereocenters. The van der Waals surface area contributed by atoms with Crippen molar-refractivity contribution in [2.75, 3.05) is 6.61 Å². The summed E-state index contributed by atoms with van der Waals surface area (Å²) in [5.41, 5.74) is 0. The van der Waals surface area contributed by atoms with E-state index in [0.29, 0.717) is 19.3 Å². The number of amides is 1. The Hall–Kier alpha value is -2.44. The highest BCUT2D eigenvalue weighted by molar-refractivity contribution is 5.77. The average Bonchev–Trinajstić information content (AvgIpc) is 3.19. The average molecular weight is 784 g/mol.